The summed E-state index contributed by atoms with van der Waals surface area (Å²) in [5, 5.41) is 0. The van der Waals surface area contributed by atoms with Gasteiger partial charge in [-0.3, -0.25) is 14.4 Å². The maximum atomic E-state index is 14.0. The van der Waals surface area contributed by atoms with Crippen LogP contribution in [-0.2, 0) is 14.3 Å². The number of allylic oxidation sites excluding steroid dienone is 2. The van der Waals surface area contributed by atoms with Gasteiger partial charge in [-0.25, -0.2) is 18.6 Å². The summed E-state index contributed by atoms with van der Waals surface area (Å²) in [4.78, 5) is 43.6. The third-order valence-corrected chi connectivity index (χ3v) is 7.70. The number of methoxy groups -OCH3 is 1. The number of imidazole rings is 1. The molecule has 0 saturated carbocycles. The van der Waals surface area contributed by atoms with E-state index < -0.39 is 12.2 Å². The lowest BCUT2D eigenvalue weighted by atomic mass is 9.93. The van der Waals surface area contributed by atoms with Gasteiger partial charge in [0.05, 0.1) is 37.8 Å². The van der Waals surface area contributed by atoms with Gasteiger partial charge in [-0.05, 0) is 38.8 Å². The van der Waals surface area contributed by atoms with Crippen LogP contribution in [-0.4, -0.2) is 114 Å². The summed E-state index contributed by atoms with van der Waals surface area (Å²) in [6.07, 6.45) is 4.42. The lowest BCUT2D eigenvalue weighted by Crippen LogP contribution is -2.56. The number of likely N-dealkylation sites (tertiary alicyclic amines) is 2. The van der Waals surface area contributed by atoms with Crippen molar-refractivity contribution in [2.75, 3.05) is 59.6 Å². The topological polar surface area (TPSA) is 131 Å². The Morgan fingerprint density at radius 1 is 1.14 bits per heavy atom. The van der Waals surface area contributed by atoms with Crippen molar-refractivity contribution >= 4 is 41.6 Å². The number of guanidine groups is 1. The number of rotatable bonds is 7. The largest absolute Gasteiger partial charge is 0.453 e. The summed E-state index contributed by atoms with van der Waals surface area (Å²) in [6, 6.07) is -0.240. The van der Waals surface area contributed by atoms with Crippen molar-refractivity contribution in [3.63, 3.8) is 0 Å². The summed E-state index contributed by atoms with van der Waals surface area (Å²) in [7, 11) is 1.34. The van der Waals surface area contributed by atoms with Gasteiger partial charge >= 0.3 is 6.09 Å². The molecule has 0 atom stereocenters. The number of hydrogen-bond donors (Lipinski definition) is 1. The maximum absolute atomic E-state index is 14.0. The van der Waals surface area contributed by atoms with Gasteiger partial charge in [0, 0.05) is 57.0 Å². The van der Waals surface area contributed by atoms with Crippen LogP contribution >= 0.6 is 0 Å². The van der Waals surface area contributed by atoms with Crippen molar-refractivity contribution in [2.24, 2.45) is 21.6 Å². The molecule has 2 amide bonds. The first-order chi connectivity index (χ1) is 20.7. The number of piperidine rings is 1. The second-order valence-corrected chi connectivity index (χ2v) is 10.6. The predicted molar refractivity (Wildman–Crippen MR) is 160 cm³/mol. The zero-order chi connectivity index (χ0) is 31.1. The van der Waals surface area contributed by atoms with Gasteiger partial charge in [-0.15, -0.1) is 0 Å². The van der Waals surface area contributed by atoms with Crippen LogP contribution in [0, 0.1) is 5.92 Å². The molecule has 14 heteroatoms. The van der Waals surface area contributed by atoms with Crippen molar-refractivity contribution in [2.45, 2.75) is 39.2 Å². The molecule has 3 fully saturated rings. The molecule has 3 aliphatic heterocycles. The molecule has 0 aliphatic carbocycles. The number of ether oxygens (including phenoxy) is 2. The smallest absolute Gasteiger partial charge is 0.409 e. The first kappa shape index (κ1) is 31.9. The number of nitrogens with zero attached hydrogens (tertiary/aromatic N) is 7. The Bertz CT molecular complexity index is 1300. The number of hydrogen-bond acceptors (Lipinski definition) is 6. The molecular formula is C29H40F2N8O4. The molecule has 2 N–H and O–H groups in total. The van der Waals surface area contributed by atoms with Gasteiger partial charge in [0.1, 0.15) is 0 Å². The minimum atomic E-state index is -2.82. The van der Waals surface area contributed by atoms with Crippen molar-refractivity contribution in [1.82, 2.24) is 24.3 Å². The van der Waals surface area contributed by atoms with Crippen LogP contribution in [0.3, 0.4) is 0 Å². The molecule has 3 saturated heterocycles. The van der Waals surface area contributed by atoms with Gasteiger partial charge in [-0.1, -0.05) is 12.7 Å². The molecular weight excluding hydrogens is 562 g/mol. The third-order valence-electron chi connectivity index (χ3n) is 7.70. The van der Waals surface area contributed by atoms with Crippen molar-refractivity contribution in [3.05, 3.63) is 35.9 Å². The second kappa shape index (κ2) is 14.4. The molecule has 1 aromatic rings. The Morgan fingerprint density at radius 2 is 1.81 bits per heavy atom. The number of nitrogens with two attached hydrogens (primary N) is 1. The van der Waals surface area contributed by atoms with E-state index >= 15 is 0 Å². The fourth-order valence-electron chi connectivity index (χ4n) is 5.38. The number of aliphatic imine (C=N–C) groups is 2. The molecule has 0 aromatic carbocycles. The standard InChI is InChI=1S/C29H40F2N8O4/c1-5-7-23-22(6-2)34-26(25(30)31)39(23)19(3)16-24(35-28(32)36-12-14-43-15-13-36)33-21-17-38(18-21)27(40)20-8-10-37(11-9-20)29(41)42-4/h5-7,16,20-21,25H,2,8-15,17-18H2,1,3-4H3,(H2,32,33,35)/b7-5-,19-16+. The average Bonchev–Trinajstić information content (AvgIpc) is 3.37. The van der Waals surface area contributed by atoms with Gasteiger partial charge < -0.3 is 29.9 Å². The van der Waals surface area contributed by atoms with E-state index in [0.717, 1.165) is 0 Å². The highest BCUT2D eigenvalue weighted by Crippen LogP contribution is 2.28. The van der Waals surface area contributed by atoms with E-state index in [0.29, 0.717) is 82.4 Å². The molecule has 0 radical (unpaired) electrons. The molecule has 43 heavy (non-hydrogen) atoms. The van der Waals surface area contributed by atoms with Crippen LogP contribution < -0.4 is 5.73 Å². The highest BCUT2D eigenvalue weighted by molar-refractivity contribution is 6.04. The predicted octanol–water partition coefficient (Wildman–Crippen LogP) is 3.09. The normalized spacial score (nSPS) is 19.8. The van der Waals surface area contributed by atoms with E-state index in [1.807, 2.05) is 4.90 Å². The first-order valence-corrected chi connectivity index (χ1v) is 14.4. The fraction of sp³-hybridized carbons (Fsp3) is 0.552. The first-order valence-electron chi connectivity index (χ1n) is 14.4. The number of carbonyl (C=O) groups excluding carboxylic acids is 2. The van der Waals surface area contributed by atoms with E-state index in [9.17, 15) is 18.4 Å². The highest BCUT2D eigenvalue weighted by Gasteiger charge is 2.36. The molecule has 12 nitrogen and oxygen atoms in total. The number of alkyl halides is 2. The molecule has 0 bridgehead atoms. The monoisotopic (exact) mass is 602 g/mol. The maximum Gasteiger partial charge on any atom is 0.409 e. The SMILES string of the molecule is C=Cc1nc(C(F)F)n(/C(C)=C/C(=NC2CN(C(=O)C3CCN(C(=O)OC)CC3)C2)N=C(N)N2CCOCC2)c1/C=C\C. The number of halogens is 2. The van der Waals surface area contributed by atoms with Gasteiger partial charge in [-0.2, -0.15) is 4.99 Å². The van der Waals surface area contributed by atoms with Crippen LogP contribution in [0.4, 0.5) is 13.6 Å². The van der Waals surface area contributed by atoms with E-state index in [1.165, 1.54) is 17.8 Å². The van der Waals surface area contributed by atoms with E-state index in [-0.39, 0.29) is 35.8 Å². The average molecular weight is 603 g/mol. The van der Waals surface area contributed by atoms with Crippen molar-refractivity contribution < 1.29 is 27.8 Å². The van der Waals surface area contributed by atoms with Crippen LogP contribution in [0.1, 0.15) is 50.3 Å². The van der Waals surface area contributed by atoms with E-state index in [1.54, 1.807) is 41.9 Å². The summed E-state index contributed by atoms with van der Waals surface area (Å²) in [6.45, 7) is 11.1. The highest BCUT2D eigenvalue weighted by atomic mass is 19.3. The summed E-state index contributed by atoms with van der Waals surface area (Å²) in [5.74, 6) is -0.0460. The molecule has 3 aliphatic rings. The van der Waals surface area contributed by atoms with Crippen molar-refractivity contribution in [1.29, 1.82) is 0 Å². The van der Waals surface area contributed by atoms with Crippen LogP contribution in [0.5, 0.6) is 0 Å². The number of carbonyl (C=O) groups is 2. The molecule has 0 unspecified atom stereocenters. The summed E-state index contributed by atoms with van der Waals surface area (Å²) < 4.78 is 39.6. The lowest BCUT2D eigenvalue weighted by Gasteiger charge is -2.40. The summed E-state index contributed by atoms with van der Waals surface area (Å²) >= 11 is 0. The zero-order valence-electron chi connectivity index (χ0n) is 24.9. The Hall–Kier alpha value is -4.07. The van der Waals surface area contributed by atoms with Crippen LogP contribution in [0.2, 0.25) is 0 Å². The minimum Gasteiger partial charge on any atom is -0.453 e. The third kappa shape index (κ3) is 7.48. The Kier molecular flexibility index (Phi) is 10.7. The molecule has 234 valence electrons. The van der Waals surface area contributed by atoms with E-state index in [4.69, 9.17) is 20.2 Å². The number of amides is 2. The Morgan fingerprint density at radius 3 is 2.40 bits per heavy atom. The Balaban J connectivity index is 1.56. The van der Waals surface area contributed by atoms with Gasteiger partial charge in [0.25, 0.3) is 6.43 Å². The lowest BCUT2D eigenvalue weighted by molar-refractivity contribution is -0.141. The molecule has 4 heterocycles. The number of aromatic nitrogens is 2. The van der Waals surface area contributed by atoms with Gasteiger partial charge in [0.2, 0.25) is 5.91 Å². The van der Waals surface area contributed by atoms with Crippen LogP contribution in [0.25, 0.3) is 17.8 Å². The minimum absolute atomic E-state index is 0.0357. The number of amidine groups is 1. The van der Waals surface area contributed by atoms with E-state index in [2.05, 4.69) is 16.6 Å². The molecule has 1 aromatic heterocycles. The fourth-order valence-corrected chi connectivity index (χ4v) is 5.38. The Labute approximate surface area is 250 Å². The molecule has 0 spiro atoms. The van der Waals surface area contributed by atoms with Crippen molar-refractivity contribution in [3.8, 4) is 0 Å². The van der Waals surface area contributed by atoms with Gasteiger partial charge in [0.15, 0.2) is 17.6 Å². The second-order valence-electron chi connectivity index (χ2n) is 10.6. The zero-order valence-corrected chi connectivity index (χ0v) is 24.9. The quantitative estimate of drug-likeness (QED) is 0.375. The summed E-state index contributed by atoms with van der Waals surface area (Å²) in [5.41, 5.74) is 7.56. The van der Waals surface area contributed by atoms with Crippen LogP contribution in [0.15, 0.2) is 28.7 Å². The molecule has 4 rings (SSSR count). The number of morpholine rings is 1.